The van der Waals surface area contributed by atoms with Crippen LogP contribution in [0, 0.1) is 0 Å². The molecule has 5 rings (SSSR count). The predicted octanol–water partition coefficient (Wildman–Crippen LogP) is 3.38. The summed E-state index contributed by atoms with van der Waals surface area (Å²) in [6.07, 6.45) is 2.38. The van der Waals surface area contributed by atoms with Crippen molar-refractivity contribution < 1.29 is 0 Å². The van der Waals surface area contributed by atoms with E-state index in [9.17, 15) is 0 Å². The summed E-state index contributed by atoms with van der Waals surface area (Å²) in [5.74, 6) is 0.959. The SMILES string of the molecule is CCN1CCN(CCn2nc(N3CCCC3)c3c(Cl)c(-c4ccccc4)nnc32)CC1. The molecule has 7 nitrogen and oxygen atoms in total. The molecule has 4 heterocycles. The van der Waals surface area contributed by atoms with Gasteiger partial charge in [0.15, 0.2) is 11.5 Å². The molecule has 0 radical (unpaired) electrons. The highest BCUT2D eigenvalue weighted by Crippen LogP contribution is 2.37. The van der Waals surface area contributed by atoms with E-state index in [2.05, 4.69) is 31.8 Å². The fraction of sp³-hybridized carbons (Fsp3) is 0.522. The number of hydrogen-bond acceptors (Lipinski definition) is 6. The molecule has 0 bridgehead atoms. The van der Waals surface area contributed by atoms with Gasteiger partial charge in [0, 0.05) is 51.4 Å². The molecule has 3 aromatic rings. The van der Waals surface area contributed by atoms with E-state index in [1.54, 1.807) is 0 Å². The van der Waals surface area contributed by atoms with Crippen LogP contribution in [0.2, 0.25) is 5.02 Å². The molecule has 0 amide bonds. The number of anilines is 1. The Morgan fingerprint density at radius 1 is 0.871 bits per heavy atom. The first-order chi connectivity index (χ1) is 15.2. The largest absolute Gasteiger partial charge is 0.355 e. The Bertz CT molecular complexity index is 1020. The Morgan fingerprint density at radius 3 is 2.29 bits per heavy atom. The molecule has 31 heavy (non-hydrogen) atoms. The van der Waals surface area contributed by atoms with Crippen LogP contribution < -0.4 is 4.90 Å². The summed E-state index contributed by atoms with van der Waals surface area (Å²) in [5.41, 5.74) is 2.50. The minimum absolute atomic E-state index is 0.654. The number of aromatic nitrogens is 4. The highest BCUT2D eigenvalue weighted by atomic mass is 35.5. The van der Waals surface area contributed by atoms with Crippen molar-refractivity contribution in [3.63, 3.8) is 0 Å². The molecule has 2 fully saturated rings. The molecule has 8 heteroatoms. The van der Waals surface area contributed by atoms with Crippen molar-refractivity contribution in [3.8, 4) is 11.3 Å². The van der Waals surface area contributed by atoms with Crippen LogP contribution in [0.15, 0.2) is 30.3 Å². The number of halogens is 1. The molecule has 2 aliphatic heterocycles. The van der Waals surface area contributed by atoms with Gasteiger partial charge in [-0.15, -0.1) is 10.2 Å². The summed E-state index contributed by atoms with van der Waals surface area (Å²) < 4.78 is 2.02. The van der Waals surface area contributed by atoms with E-state index < -0.39 is 0 Å². The average molecular weight is 440 g/mol. The first kappa shape index (κ1) is 20.7. The van der Waals surface area contributed by atoms with E-state index in [1.807, 2.05) is 35.0 Å². The van der Waals surface area contributed by atoms with Gasteiger partial charge in [-0.1, -0.05) is 48.9 Å². The zero-order chi connectivity index (χ0) is 21.2. The van der Waals surface area contributed by atoms with Gasteiger partial charge in [-0.25, -0.2) is 4.68 Å². The lowest BCUT2D eigenvalue weighted by atomic mass is 10.1. The molecule has 164 valence electrons. The standard InChI is InChI=1S/C23H30ClN7/c1-2-28-12-14-29(15-13-28)16-17-31-22-19(23(27-31)30-10-6-7-11-30)20(24)21(25-26-22)18-8-4-3-5-9-18/h3-5,8-9H,2,6-7,10-17H2,1H3. The van der Waals surface area contributed by atoms with E-state index in [1.165, 1.54) is 12.8 Å². The van der Waals surface area contributed by atoms with Gasteiger partial charge in [0.05, 0.1) is 17.0 Å². The number of benzene rings is 1. The van der Waals surface area contributed by atoms with Crippen molar-refractivity contribution >= 4 is 28.5 Å². The van der Waals surface area contributed by atoms with Crippen LogP contribution in [0.4, 0.5) is 5.82 Å². The van der Waals surface area contributed by atoms with E-state index >= 15 is 0 Å². The molecule has 2 saturated heterocycles. The fourth-order valence-electron chi connectivity index (χ4n) is 4.65. The van der Waals surface area contributed by atoms with Gasteiger partial charge in [-0.2, -0.15) is 5.10 Å². The third-order valence-corrected chi connectivity index (χ3v) is 6.94. The van der Waals surface area contributed by atoms with Crippen LogP contribution in [0.25, 0.3) is 22.3 Å². The predicted molar refractivity (Wildman–Crippen MR) is 126 cm³/mol. The third-order valence-electron chi connectivity index (χ3n) is 6.57. The quantitative estimate of drug-likeness (QED) is 0.586. The van der Waals surface area contributed by atoms with Crippen molar-refractivity contribution in [2.24, 2.45) is 0 Å². The maximum atomic E-state index is 6.96. The summed E-state index contributed by atoms with van der Waals surface area (Å²) in [7, 11) is 0. The van der Waals surface area contributed by atoms with E-state index in [0.717, 1.165) is 87.0 Å². The smallest absolute Gasteiger partial charge is 0.184 e. The Kier molecular flexibility index (Phi) is 6.07. The molecule has 1 aromatic carbocycles. The Labute approximate surface area is 188 Å². The molecule has 0 aliphatic carbocycles. The zero-order valence-corrected chi connectivity index (χ0v) is 18.9. The zero-order valence-electron chi connectivity index (χ0n) is 18.2. The Morgan fingerprint density at radius 2 is 1.58 bits per heavy atom. The number of piperazine rings is 1. The van der Waals surface area contributed by atoms with Gasteiger partial charge in [0.1, 0.15) is 5.69 Å². The topological polar surface area (TPSA) is 53.3 Å². The van der Waals surface area contributed by atoms with Gasteiger partial charge in [0.2, 0.25) is 0 Å². The van der Waals surface area contributed by atoms with Gasteiger partial charge >= 0.3 is 0 Å². The van der Waals surface area contributed by atoms with E-state index in [4.69, 9.17) is 16.7 Å². The second-order valence-electron chi connectivity index (χ2n) is 8.44. The van der Waals surface area contributed by atoms with Crippen LogP contribution in [-0.2, 0) is 6.54 Å². The van der Waals surface area contributed by atoms with Crippen LogP contribution in [0.3, 0.4) is 0 Å². The van der Waals surface area contributed by atoms with Crippen molar-refractivity contribution in [2.75, 3.05) is 57.3 Å². The van der Waals surface area contributed by atoms with Crippen LogP contribution in [0.1, 0.15) is 19.8 Å². The molecule has 2 aliphatic rings. The highest BCUT2D eigenvalue weighted by molar-refractivity contribution is 6.38. The van der Waals surface area contributed by atoms with Crippen molar-refractivity contribution in [1.82, 2.24) is 29.8 Å². The molecule has 0 saturated carbocycles. The Balaban J connectivity index is 1.47. The van der Waals surface area contributed by atoms with Gasteiger partial charge in [-0.3, -0.25) is 4.90 Å². The number of nitrogens with zero attached hydrogens (tertiary/aromatic N) is 7. The highest BCUT2D eigenvalue weighted by Gasteiger charge is 2.25. The Hall–Kier alpha value is -2.22. The molecular formula is C23H30ClN7. The van der Waals surface area contributed by atoms with Crippen molar-refractivity contribution in [2.45, 2.75) is 26.3 Å². The molecule has 0 atom stereocenters. The van der Waals surface area contributed by atoms with Crippen molar-refractivity contribution in [3.05, 3.63) is 35.4 Å². The first-order valence-corrected chi connectivity index (χ1v) is 11.8. The summed E-state index contributed by atoms with van der Waals surface area (Å²) >= 11 is 6.96. The summed E-state index contributed by atoms with van der Waals surface area (Å²) in [5, 5.41) is 15.7. The maximum Gasteiger partial charge on any atom is 0.184 e. The fourth-order valence-corrected chi connectivity index (χ4v) is 4.97. The summed E-state index contributed by atoms with van der Waals surface area (Å²) in [4.78, 5) is 7.37. The van der Waals surface area contributed by atoms with E-state index in [-0.39, 0.29) is 0 Å². The number of hydrogen-bond donors (Lipinski definition) is 0. The molecular weight excluding hydrogens is 410 g/mol. The maximum absolute atomic E-state index is 6.96. The average Bonchev–Trinajstić information content (AvgIpc) is 3.47. The van der Waals surface area contributed by atoms with Crippen LogP contribution in [0.5, 0.6) is 0 Å². The summed E-state index contributed by atoms with van der Waals surface area (Å²) in [6.45, 7) is 11.7. The third kappa shape index (κ3) is 4.14. The van der Waals surface area contributed by atoms with Crippen molar-refractivity contribution in [1.29, 1.82) is 0 Å². The molecule has 2 aromatic heterocycles. The first-order valence-electron chi connectivity index (χ1n) is 11.4. The molecule has 0 N–H and O–H groups in total. The minimum atomic E-state index is 0.654. The molecule has 0 unspecified atom stereocenters. The normalized spacial score (nSPS) is 18.3. The van der Waals surface area contributed by atoms with Crippen LogP contribution >= 0.6 is 11.6 Å². The number of likely N-dealkylation sites (N-methyl/N-ethyl adjacent to an activating group) is 1. The molecule has 0 spiro atoms. The monoisotopic (exact) mass is 439 g/mol. The van der Waals surface area contributed by atoms with Gasteiger partial charge < -0.3 is 9.80 Å². The second-order valence-corrected chi connectivity index (χ2v) is 8.82. The lowest BCUT2D eigenvalue weighted by Gasteiger charge is -2.33. The lowest BCUT2D eigenvalue weighted by Crippen LogP contribution is -2.46. The lowest BCUT2D eigenvalue weighted by molar-refractivity contribution is 0.133. The minimum Gasteiger partial charge on any atom is -0.355 e. The van der Waals surface area contributed by atoms with E-state index in [0.29, 0.717) is 5.02 Å². The van der Waals surface area contributed by atoms with Crippen LogP contribution in [-0.4, -0.2) is 82.1 Å². The second kappa shape index (κ2) is 9.10. The number of rotatable bonds is 6. The summed E-state index contributed by atoms with van der Waals surface area (Å²) in [6, 6.07) is 10.0. The van der Waals surface area contributed by atoms with Gasteiger partial charge in [0.25, 0.3) is 0 Å². The van der Waals surface area contributed by atoms with Gasteiger partial charge in [-0.05, 0) is 19.4 Å². The number of fused-ring (bicyclic) bond motifs is 1.